The van der Waals surface area contributed by atoms with Gasteiger partial charge in [-0.25, -0.2) is 8.78 Å². The second-order valence-corrected chi connectivity index (χ2v) is 5.27. The summed E-state index contributed by atoms with van der Waals surface area (Å²) in [5, 5.41) is 7.95. The Balaban J connectivity index is 2.66. The van der Waals surface area contributed by atoms with E-state index in [1.807, 2.05) is 20.8 Å². The molecule has 1 heterocycles. The van der Waals surface area contributed by atoms with Gasteiger partial charge in [0, 0.05) is 11.6 Å². The Bertz CT molecular complexity index is 599. The Labute approximate surface area is 110 Å². The molecule has 0 bridgehead atoms. The molecule has 0 amide bonds. The highest BCUT2D eigenvalue weighted by molar-refractivity contribution is 5.56. The molecule has 0 unspecified atom stereocenters. The van der Waals surface area contributed by atoms with Crippen LogP contribution in [0.1, 0.15) is 26.6 Å². The highest BCUT2D eigenvalue weighted by atomic mass is 19.1. The Morgan fingerprint density at radius 3 is 2.42 bits per heavy atom. The fourth-order valence-corrected chi connectivity index (χ4v) is 2.00. The third kappa shape index (κ3) is 2.49. The molecule has 4 nitrogen and oxygen atoms in total. The second kappa shape index (κ2) is 4.70. The van der Waals surface area contributed by atoms with Gasteiger partial charge in [0.2, 0.25) is 0 Å². The van der Waals surface area contributed by atoms with Crippen molar-refractivity contribution in [2.24, 2.45) is 5.73 Å². The molecule has 19 heavy (non-hydrogen) atoms. The molecule has 1 aromatic heterocycles. The predicted molar refractivity (Wildman–Crippen MR) is 68.3 cm³/mol. The first-order chi connectivity index (χ1) is 8.84. The summed E-state index contributed by atoms with van der Waals surface area (Å²) >= 11 is 0. The van der Waals surface area contributed by atoms with E-state index in [1.54, 1.807) is 4.57 Å². The Kier molecular flexibility index (Phi) is 3.36. The molecule has 0 aliphatic carbocycles. The number of rotatable bonds is 2. The average molecular weight is 266 g/mol. The van der Waals surface area contributed by atoms with E-state index in [2.05, 4.69) is 10.2 Å². The zero-order valence-electron chi connectivity index (χ0n) is 11.1. The Hall–Kier alpha value is -1.82. The summed E-state index contributed by atoms with van der Waals surface area (Å²) in [6.45, 7) is 6.04. The van der Waals surface area contributed by atoms with E-state index in [-0.39, 0.29) is 17.6 Å². The molecule has 0 fully saturated rings. The molecular formula is C13H16F2N4. The minimum Gasteiger partial charge on any atom is -0.324 e. The maximum Gasteiger partial charge on any atom is 0.167 e. The maximum absolute atomic E-state index is 13.9. The number of nitrogens with zero attached hydrogens (tertiary/aromatic N) is 3. The Morgan fingerprint density at radius 1 is 1.21 bits per heavy atom. The lowest BCUT2D eigenvalue weighted by molar-refractivity contribution is 0.386. The van der Waals surface area contributed by atoms with E-state index >= 15 is 0 Å². The lowest BCUT2D eigenvalue weighted by Gasteiger charge is -2.24. The fraction of sp³-hybridized carbons (Fsp3) is 0.385. The van der Waals surface area contributed by atoms with Gasteiger partial charge in [0.1, 0.15) is 17.5 Å². The van der Waals surface area contributed by atoms with Crippen LogP contribution in [0.15, 0.2) is 18.2 Å². The lowest BCUT2D eigenvalue weighted by Crippen LogP contribution is -2.26. The van der Waals surface area contributed by atoms with Crippen molar-refractivity contribution in [2.75, 3.05) is 0 Å². The summed E-state index contributed by atoms with van der Waals surface area (Å²) in [4.78, 5) is 0. The smallest absolute Gasteiger partial charge is 0.167 e. The van der Waals surface area contributed by atoms with Crippen molar-refractivity contribution in [3.8, 4) is 11.4 Å². The number of benzene rings is 1. The number of aromatic nitrogens is 3. The van der Waals surface area contributed by atoms with Crippen LogP contribution in [0.25, 0.3) is 11.4 Å². The van der Waals surface area contributed by atoms with Gasteiger partial charge in [-0.2, -0.15) is 0 Å². The van der Waals surface area contributed by atoms with Gasteiger partial charge in [-0.3, -0.25) is 0 Å². The van der Waals surface area contributed by atoms with Crippen LogP contribution < -0.4 is 5.73 Å². The normalized spacial score (nSPS) is 11.9. The van der Waals surface area contributed by atoms with Crippen LogP contribution in [-0.4, -0.2) is 14.8 Å². The third-order valence-electron chi connectivity index (χ3n) is 2.76. The molecule has 2 rings (SSSR count). The van der Waals surface area contributed by atoms with Crippen LogP contribution in [0, 0.1) is 11.6 Å². The number of hydrogen-bond donors (Lipinski definition) is 1. The highest BCUT2D eigenvalue weighted by Gasteiger charge is 2.24. The summed E-state index contributed by atoms with van der Waals surface area (Å²) in [6, 6.07) is 3.39. The molecule has 0 atom stereocenters. The minimum absolute atomic E-state index is 0.201. The number of halogens is 2. The van der Waals surface area contributed by atoms with Gasteiger partial charge in [-0.15, -0.1) is 10.2 Å². The van der Waals surface area contributed by atoms with Gasteiger partial charge >= 0.3 is 0 Å². The summed E-state index contributed by atoms with van der Waals surface area (Å²) < 4.78 is 28.6. The number of nitrogens with two attached hydrogens (primary N) is 1. The number of hydrogen-bond acceptors (Lipinski definition) is 3. The van der Waals surface area contributed by atoms with Crippen molar-refractivity contribution >= 4 is 0 Å². The van der Waals surface area contributed by atoms with Crippen molar-refractivity contribution in [1.82, 2.24) is 14.8 Å². The van der Waals surface area contributed by atoms with Gasteiger partial charge in [-0.05, 0) is 32.9 Å². The predicted octanol–water partition coefficient (Wildman–Crippen LogP) is 2.44. The van der Waals surface area contributed by atoms with Crippen molar-refractivity contribution in [1.29, 1.82) is 0 Å². The van der Waals surface area contributed by atoms with Crippen molar-refractivity contribution in [3.05, 3.63) is 35.7 Å². The quantitative estimate of drug-likeness (QED) is 0.908. The zero-order valence-corrected chi connectivity index (χ0v) is 11.1. The van der Waals surface area contributed by atoms with E-state index in [0.29, 0.717) is 11.6 Å². The third-order valence-corrected chi connectivity index (χ3v) is 2.76. The molecule has 0 spiro atoms. The zero-order chi connectivity index (χ0) is 14.2. The van der Waals surface area contributed by atoms with Crippen molar-refractivity contribution in [3.63, 3.8) is 0 Å². The first-order valence-electron chi connectivity index (χ1n) is 5.95. The summed E-state index contributed by atoms with van der Waals surface area (Å²) in [7, 11) is 0. The SMILES string of the molecule is CC(C)(C)n1c(CN)nnc1-c1ccc(F)cc1F. The molecule has 0 aliphatic heterocycles. The van der Waals surface area contributed by atoms with Crippen LogP contribution in [0.4, 0.5) is 8.78 Å². The molecular weight excluding hydrogens is 250 g/mol. The van der Waals surface area contributed by atoms with E-state index in [0.717, 1.165) is 6.07 Å². The summed E-state index contributed by atoms with van der Waals surface area (Å²) in [5.41, 5.74) is 5.48. The molecule has 1 aromatic carbocycles. The van der Waals surface area contributed by atoms with Crippen molar-refractivity contribution in [2.45, 2.75) is 32.9 Å². The van der Waals surface area contributed by atoms with Crippen LogP contribution in [0.2, 0.25) is 0 Å². The molecule has 0 aliphatic rings. The summed E-state index contributed by atoms with van der Waals surface area (Å²) in [6.07, 6.45) is 0. The Morgan fingerprint density at radius 2 is 1.89 bits per heavy atom. The van der Waals surface area contributed by atoms with E-state index in [1.165, 1.54) is 12.1 Å². The average Bonchev–Trinajstić information content (AvgIpc) is 2.72. The lowest BCUT2D eigenvalue weighted by atomic mass is 10.1. The fourth-order valence-electron chi connectivity index (χ4n) is 2.00. The summed E-state index contributed by atoms with van der Waals surface area (Å²) in [5.74, 6) is -0.375. The van der Waals surface area contributed by atoms with Gasteiger partial charge in [0.25, 0.3) is 0 Å². The molecule has 6 heteroatoms. The molecule has 2 N–H and O–H groups in total. The van der Waals surface area contributed by atoms with Crippen LogP contribution in [0.3, 0.4) is 0 Å². The van der Waals surface area contributed by atoms with Gasteiger partial charge < -0.3 is 10.3 Å². The van der Waals surface area contributed by atoms with E-state index < -0.39 is 11.6 Å². The van der Waals surface area contributed by atoms with E-state index in [4.69, 9.17) is 5.73 Å². The van der Waals surface area contributed by atoms with Gasteiger partial charge in [0.15, 0.2) is 5.82 Å². The van der Waals surface area contributed by atoms with Crippen LogP contribution in [0.5, 0.6) is 0 Å². The van der Waals surface area contributed by atoms with E-state index in [9.17, 15) is 8.78 Å². The van der Waals surface area contributed by atoms with Crippen LogP contribution >= 0.6 is 0 Å². The highest BCUT2D eigenvalue weighted by Crippen LogP contribution is 2.28. The van der Waals surface area contributed by atoms with Crippen LogP contribution in [-0.2, 0) is 12.1 Å². The first-order valence-corrected chi connectivity index (χ1v) is 5.95. The largest absolute Gasteiger partial charge is 0.324 e. The van der Waals surface area contributed by atoms with Gasteiger partial charge in [-0.1, -0.05) is 0 Å². The molecule has 0 radical (unpaired) electrons. The molecule has 0 saturated heterocycles. The monoisotopic (exact) mass is 266 g/mol. The topological polar surface area (TPSA) is 56.7 Å². The first kappa shape index (κ1) is 13.6. The second-order valence-electron chi connectivity index (χ2n) is 5.27. The standard InChI is InChI=1S/C13H16F2N4/c1-13(2,3)19-11(7-16)17-18-12(19)9-5-4-8(14)6-10(9)15/h4-6H,7,16H2,1-3H3. The van der Waals surface area contributed by atoms with Crippen molar-refractivity contribution < 1.29 is 8.78 Å². The molecule has 2 aromatic rings. The molecule has 0 saturated carbocycles. The van der Waals surface area contributed by atoms with Gasteiger partial charge in [0.05, 0.1) is 12.1 Å². The molecule has 102 valence electrons. The maximum atomic E-state index is 13.9. The minimum atomic E-state index is -0.665.